The summed E-state index contributed by atoms with van der Waals surface area (Å²) in [6, 6.07) is 15.3. The summed E-state index contributed by atoms with van der Waals surface area (Å²) in [7, 11) is 0. The highest BCUT2D eigenvalue weighted by atomic mass is 16.5. The topological polar surface area (TPSA) is 75.6 Å². The van der Waals surface area contributed by atoms with Gasteiger partial charge in [0, 0.05) is 5.92 Å². The number of ether oxygens (including phenoxy) is 1. The van der Waals surface area contributed by atoms with Gasteiger partial charge in [-0.15, -0.1) is 0 Å². The van der Waals surface area contributed by atoms with Gasteiger partial charge < -0.3 is 15.2 Å². The summed E-state index contributed by atoms with van der Waals surface area (Å²) in [5, 5.41) is 12.0. The molecule has 0 radical (unpaired) electrons. The van der Waals surface area contributed by atoms with Gasteiger partial charge in [0.15, 0.2) is 0 Å². The number of aliphatic carboxylic acids is 1. The highest BCUT2D eigenvalue weighted by molar-refractivity contribution is 5.81. The normalized spacial score (nSPS) is 17.1. The summed E-state index contributed by atoms with van der Waals surface area (Å²) >= 11 is 0. The molecule has 0 aliphatic heterocycles. The van der Waals surface area contributed by atoms with E-state index in [-0.39, 0.29) is 12.5 Å². The van der Waals surface area contributed by atoms with E-state index in [0.29, 0.717) is 11.8 Å². The fourth-order valence-electron chi connectivity index (χ4n) is 4.24. The zero-order valence-corrected chi connectivity index (χ0v) is 16.7. The van der Waals surface area contributed by atoms with Gasteiger partial charge in [0.05, 0.1) is 0 Å². The molecule has 1 fully saturated rings. The van der Waals surface area contributed by atoms with E-state index in [4.69, 9.17) is 4.74 Å². The molecule has 0 bridgehead atoms. The van der Waals surface area contributed by atoms with E-state index in [1.54, 1.807) is 0 Å². The molecule has 1 atom stereocenters. The Labute approximate surface area is 171 Å². The van der Waals surface area contributed by atoms with Crippen molar-refractivity contribution in [3.63, 3.8) is 0 Å². The van der Waals surface area contributed by atoms with Crippen LogP contribution >= 0.6 is 0 Å². The van der Waals surface area contributed by atoms with Gasteiger partial charge in [-0.25, -0.2) is 9.59 Å². The van der Waals surface area contributed by atoms with Crippen LogP contribution in [0.1, 0.15) is 56.1 Å². The molecule has 5 heteroatoms. The lowest BCUT2D eigenvalue weighted by Crippen LogP contribution is -2.41. The molecule has 1 saturated carbocycles. The highest BCUT2D eigenvalue weighted by Crippen LogP contribution is 2.49. The molecule has 2 aromatic carbocycles. The van der Waals surface area contributed by atoms with Crippen LogP contribution in [-0.2, 0) is 9.53 Å². The average Bonchev–Trinajstić information content (AvgIpc) is 3.36. The molecule has 0 aromatic heterocycles. The minimum absolute atomic E-state index is 0.0359. The number of carbonyl (C=O) groups excluding carboxylic acids is 1. The van der Waals surface area contributed by atoms with E-state index in [0.717, 1.165) is 35.1 Å². The first-order valence-electron chi connectivity index (χ1n) is 10.3. The fraction of sp³-hybridized carbons (Fsp3) is 0.417. The number of carboxylic acid groups (broad SMARTS) is 1. The van der Waals surface area contributed by atoms with Crippen LogP contribution in [0.2, 0.25) is 0 Å². The van der Waals surface area contributed by atoms with E-state index in [1.165, 1.54) is 12.8 Å². The summed E-state index contributed by atoms with van der Waals surface area (Å²) in [6.45, 7) is 2.41. The monoisotopic (exact) mass is 393 g/mol. The first kappa shape index (κ1) is 19.5. The van der Waals surface area contributed by atoms with Gasteiger partial charge in [-0.2, -0.15) is 0 Å². The van der Waals surface area contributed by atoms with Crippen LogP contribution in [-0.4, -0.2) is 29.8 Å². The molecule has 2 aliphatic rings. The summed E-state index contributed by atoms with van der Waals surface area (Å²) in [4.78, 5) is 23.8. The Balaban J connectivity index is 1.35. The largest absolute Gasteiger partial charge is 0.480 e. The van der Waals surface area contributed by atoms with Crippen LogP contribution < -0.4 is 5.32 Å². The van der Waals surface area contributed by atoms with Crippen molar-refractivity contribution in [2.24, 2.45) is 5.41 Å². The lowest BCUT2D eigenvalue weighted by atomic mass is 9.98. The average molecular weight is 393 g/mol. The van der Waals surface area contributed by atoms with Gasteiger partial charge in [0.1, 0.15) is 12.6 Å². The lowest BCUT2D eigenvalue weighted by Gasteiger charge is -2.18. The number of nitrogens with one attached hydrogen (secondary N) is 1. The van der Waals surface area contributed by atoms with Crippen molar-refractivity contribution in [2.75, 3.05) is 6.61 Å². The predicted octanol–water partition coefficient (Wildman–Crippen LogP) is 4.95. The van der Waals surface area contributed by atoms with Crippen molar-refractivity contribution in [1.29, 1.82) is 0 Å². The molecule has 0 saturated heterocycles. The Morgan fingerprint density at radius 2 is 1.69 bits per heavy atom. The van der Waals surface area contributed by atoms with E-state index >= 15 is 0 Å². The number of hydrogen-bond donors (Lipinski definition) is 2. The molecule has 0 spiro atoms. The van der Waals surface area contributed by atoms with Crippen LogP contribution in [0.25, 0.3) is 11.1 Å². The Bertz CT molecular complexity index is 873. The second-order valence-corrected chi connectivity index (χ2v) is 8.56. The van der Waals surface area contributed by atoms with E-state index in [1.807, 2.05) is 24.3 Å². The quantitative estimate of drug-likeness (QED) is 0.665. The Hall–Kier alpha value is -2.82. The zero-order valence-electron chi connectivity index (χ0n) is 16.7. The standard InChI is InChI=1S/C24H27NO4/c1-24(13-14-24)12-6-11-21(22(26)27)25-23(28)29-15-20-18-9-4-2-7-16(18)17-8-3-5-10-19(17)20/h2-5,7-10,20-21H,6,11-15H2,1H3,(H,25,28)(H,26,27). The molecule has 1 unspecified atom stereocenters. The second kappa shape index (κ2) is 7.90. The van der Waals surface area contributed by atoms with Crippen LogP contribution in [0.15, 0.2) is 48.5 Å². The van der Waals surface area contributed by atoms with Crippen LogP contribution in [0.4, 0.5) is 4.79 Å². The first-order chi connectivity index (χ1) is 14.0. The van der Waals surface area contributed by atoms with Crippen molar-refractivity contribution in [3.8, 4) is 11.1 Å². The number of rotatable bonds is 8. The number of alkyl carbamates (subject to hydrolysis) is 1. The van der Waals surface area contributed by atoms with Gasteiger partial charge >= 0.3 is 12.1 Å². The predicted molar refractivity (Wildman–Crippen MR) is 111 cm³/mol. The van der Waals surface area contributed by atoms with Crippen LogP contribution in [0.3, 0.4) is 0 Å². The number of amides is 1. The molecule has 1 amide bonds. The smallest absolute Gasteiger partial charge is 0.407 e. The fourth-order valence-corrected chi connectivity index (χ4v) is 4.24. The van der Waals surface area contributed by atoms with Gasteiger partial charge in [-0.3, -0.25) is 0 Å². The van der Waals surface area contributed by atoms with Gasteiger partial charge in [0.25, 0.3) is 0 Å². The molecular weight excluding hydrogens is 366 g/mol. The number of benzene rings is 2. The lowest BCUT2D eigenvalue weighted by molar-refractivity contribution is -0.139. The van der Waals surface area contributed by atoms with Crippen molar-refractivity contribution in [2.45, 2.75) is 51.0 Å². The maximum absolute atomic E-state index is 12.3. The van der Waals surface area contributed by atoms with Crippen LogP contribution in [0, 0.1) is 5.41 Å². The summed E-state index contributed by atoms with van der Waals surface area (Å²) in [5.74, 6) is -1.05. The molecule has 2 aromatic rings. The number of carbonyl (C=O) groups is 2. The maximum Gasteiger partial charge on any atom is 0.407 e. The number of fused-ring (bicyclic) bond motifs is 3. The Kier molecular flexibility index (Phi) is 5.31. The van der Waals surface area contributed by atoms with Gasteiger partial charge in [0.2, 0.25) is 0 Å². The van der Waals surface area contributed by atoms with E-state index < -0.39 is 18.1 Å². The molecular formula is C24H27NO4. The third-order valence-corrected chi connectivity index (χ3v) is 6.31. The molecule has 0 heterocycles. The summed E-state index contributed by atoms with van der Waals surface area (Å²) in [6.07, 6.45) is 3.97. The SMILES string of the molecule is CC1(CCCC(NC(=O)OCC2c3ccccc3-c3ccccc32)C(=O)O)CC1. The minimum Gasteiger partial charge on any atom is -0.480 e. The van der Waals surface area contributed by atoms with Crippen molar-refractivity contribution >= 4 is 12.1 Å². The molecule has 4 rings (SSSR count). The van der Waals surface area contributed by atoms with Gasteiger partial charge in [-0.05, 0) is 53.4 Å². The third-order valence-electron chi connectivity index (χ3n) is 6.31. The van der Waals surface area contributed by atoms with E-state index in [9.17, 15) is 14.7 Å². The Morgan fingerprint density at radius 3 is 2.24 bits per heavy atom. The molecule has 29 heavy (non-hydrogen) atoms. The first-order valence-corrected chi connectivity index (χ1v) is 10.3. The van der Waals surface area contributed by atoms with Gasteiger partial charge in [-0.1, -0.05) is 61.9 Å². The minimum atomic E-state index is -1.01. The third kappa shape index (κ3) is 4.29. The Morgan fingerprint density at radius 1 is 1.10 bits per heavy atom. The zero-order chi connectivity index (χ0) is 20.4. The number of hydrogen-bond acceptors (Lipinski definition) is 3. The van der Waals surface area contributed by atoms with Crippen LogP contribution in [0.5, 0.6) is 0 Å². The summed E-state index contributed by atoms with van der Waals surface area (Å²) in [5.41, 5.74) is 4.97. The number of carboxylic acids is 1. The molecule has 2 aliphatic carbocycles. The highest BCUT2D eigenvalue weighted by Gasteiger charge is 2.36. The van der Waals surface area contributed by atoms with E-state index in [2.05, 4.69) is 36.5 Å². The molecule has 2 N–H and O–H groups in total. The van der Waals surface area contributed by atoms with Crippen molar-refractivity contribution in [1.82, 2.24) is 5.32 Å². The van der Waals surface area contributed by atoms with Crippen molar-refractivity contribution < 1.29 is 19.4 Å². The maximum atomic E-state index is 12.3. The summed E-state index contributed by atoms with van der Waals surface area (Å²) < 4.78 is 5.47. The molecule has 5 nitrogen and oxygen atoms in total. The second-order valence-electron chi connectivity index (χ2n) is 8.56. The molecule has 152 valence electrons. The van der Waals surface area contributed by atoms with Crippen molar-refractivity contribution in [3.05, 3.63) is 59.7 Å².